The molecule has 1 fully saturated rings. The number of rotatable bonds is 3. The Hall–Kier alpha value is -2.63. The summed E-state index contributed by atoms with van der Waals surface area (Å²) in [5.74, 6) is -0.0729. The van der Waals surface area contributed by atoms with E-state index in [-0.39, 0.29) is 5.91 Å². The predicted molar refractivity (Wildman–Crippen MR) is 119 cm³/mol. The zero-order valence-corrected chi connectivity index (χ0v) is 16.5. The van der Waals surface area contributed by atoms with Crippen LogP contribution in [0.3, 0.4) is 0 Å². The maximum atomic E-state index is 12.8. The maximum Gasteiger partial charge on any atom is 0.270 e. The standard InChI is InChI=1S/C22H18N2OS2/c1-2-23-17(13-12-16-8-6-7-11-19(16)23)14-15-20-21(25)24(22(26)27-20)18-9-4-3-5-10-18/h3-15H,2H2,1H3/b17-14-,20-15-. The van der Waals surface area contributed by atoms with Crippen molar-refractivity contribution in [3.63, 3.8) is 0 Å². The Labute approximate surface area is 168 Å². The molecule has 2 aromatic rings. The lowest BCUT2D eigenvalue weighted by Gasteiger charge is -2.29. The third-order valence-electron chi connectivity index (χ3n) is 4.50. The van der Waals surface area contributed by atoms with Crippen LogP contribution in [0.1, 0.15) is 12.5 Å². The van der Waals surface area contributed by atoms with Gasteiger partial charge in [0.05, 0.1) is 10.6 Å². The Morgan fingerprint density at radius 2 is 1.74 bits per heavy atom. The number of carbonyl (C=O) groups is 1. The molecule has 0 unspecified atom stereocenters. The van der Waals surface area contributed by atoms with Gasteiger partial charge >= 0.3 is 0 Å². The second kappa shape index (κ2) is 7.55. The van der Waals surface area contributed by atoms with Gasteiger partial charge in [0.15, 0.2) is 4.32 Å². The number of thiocarbonyl (C=S) groups is 1. The molecule has 2 aromatic carbocycles. The van der Waals surface area contributed by atoms with Crippen LogP contribution in [0.25, 0.3) is 6.08 Å². The van der Waals surface area contributed by atoms with E-state index >= 15 is 0 Å². The number of hydrogen-bond donors (Lipinski definition) is 0. The molecule has 5 heteroatoms. The molecule has 0 aromatic heterocycles. The highest BCUT2D eigenvalue weighted by Gasteiger charge is 2.32. The zero-order chi connectivity index (χ0) is 18.8. The van der Waals surface area contributed by atoms with E-state index in [4.69, 9.17) is 12.2 Å². The Morgan fingerprint density at radius 3 is 2.52 bits per heavy atom. The van der Waals surface area contributed by atoms with Gasteiger partial charge < -0.3 is 4.90 Å². The molecular formula is C22H18N2OS2. The fourth-order valence-electron chi connectivity index (χ4n) is 3.22. The van der Waals surface area contributed by atoms with E-state index in [2.05, 4.69) is 36.1 Å². The second-order valence-electron chi connectivity index (χ2n) is 6.10. The molecule has 2 aliphatic rings. The first-order valence-electron chi connectivity index (χ1n) is 8.77. The Morgan fingerprint density at radius 1 is 1.00 bits per heavy atom. The van der Waals surface area contributed by atoms with E-state index in [1.807, 2.05) is 54.6 Å². The molecule has 4 rings (SSSR count). The van der Waals surface area contributed by atoms with Crippen molar-refractivity contribution in [2.24, 2.45) is 0 Å². The summed E-state index contributed by atoms with van der Waals surface area (Å²) >= 11 is 6.77. The molecule has 3 nitrogen and oxygen atoms in total. The van der Waals surface area contributed by atoms with Crippen LogP contribution in [0.4, 0.5) is 11.4 Å². The van der Waals surface area contributed by atoms with Gasteiger partial charge in [0, 0.05) is 17.9 Å². The molecule has 1 saturated heterocycles. The summed E-state index contributed by atoms with van der Waals surface area (Å²) in [6, 6.07) is 17.8. The number of hydrogen-bond acceptors (Lipinski definition) is 4. The van der Waals surface area contributed by atoms with Gasteiger partial charge in [-0.05, 0) is 48.9 Å². The maximum absolute atomic E-state index is 12.8. The van der Waals surface area contributed by atoms with Crippen LogP contribution in [-0.4, -0.2) is 16.8 Å². The van der Waals surface area contributed by atoms with Gasteiger partial charge in [-0.25, -0.2) is 0 Å². The highest BCUT2D eigenvalue weighted by atomic mass is 32.2. The van der Waals surface area contributed by atoms with Gasteiger partial charge in [-0.3, -0.25) is 9.69 Å². The summed E-state index contributed by atoms with van der Waals surface area (Å²) in [6.45, 7) is 2.98. The molecule has 0 aliphatic carbocycles. The van der Waals surface area contributed by atoms with Crippen molar-refractivity contribution in [2.75, 3.05) is 16.3 Å². The molecule has 0 bridgehead atoms. The van der Waals surface area contributed by atoms with E-state index in [0.717, 1.165) is 17.9 Å². The fraction of sp³-hybridized carbons (Fsp3) is 0.0909. The van der Waals surface area contributed by atoms with E-state index in [1.165, 1.54) is 23.0 Å². The first-order chi connectivity index (χ1) is 13.2. The highest BCUT2D eigenvalue weighted by molar-refractivity contribution is 8.27. The molecule has 0 N–H and O–H groups in total. The molecular weight excluding hydrogens is 372 g/mol. The third-order valence-corrected chi connectivity index (χ3v) is 5.82. The molecule has 27 heavy (non-hydrogen) atoms. The van der Waals surface area contributed by atoms with E-state index in [1.54, 1.807) is 4.90 Å². The monoisotopic (exact) mass is 390 g/mol. The third kappa shape index (κ3) is 3.36. The number of amides is 1. The van der Waals surface area contributed by atoms with Crippen molar-refractivity contribution in [3.8, 4) is 0 Å². The minimum Gasteiger partial charge on any atom is -0.341 e. The van der Waals surface area contributed by atoms with E-state index in [9.17, 15) is 4.79 Å². The lowest BCUT2D eigenvalue weighted by atomic mass is 10.1. The summed E-state index contributed by atoms with van der Waals surface area (Å²) in [5, 5.41) is 0. The van der Waals surface area contributed by atoms with Crippen LogP contribution in [0.5, 0.6) is 0 Å². The minimum absolute atomic E-state index is 0.0729. The Kier molecular flexibility index (Phi) is 4.97. The van der Waals surface area contributed by atoms with Crippen molar-refractivity contribution in [1.82, 2.24) is 0 Å². The minimum atomic E-state index is -0.0729. The number of allylic oxidation sites excluding steroid dienone is 3. The van der Waals surface area contributed by atoms with Gasteiger partial charge in [0.25, 0.3) is 5.91 Å². The molecule has 1 amide bonds. The summed E-state index contributed by atoms with van der Waals surface area (Å²) in [7, 11) is 0. The Bertz CT molecular complexity index is 992. The summed E-state index contributed by atoms with van der Waals surface area (Å²) in [4.78, 5) is 17.3. The molecule has 2 heterocycles. The lowest BCUT2D eigenvalue weighted by molar-refractivity contribution is -0.113. The van der Waals surface area contributed by atoms with Crippen LogP contribution < -0.4 is 9.80 Å². The first-order valence-corrected chi connectivity index (χ1v) is 9.99. The number of likely N-dealkylation sites (N-methyl/N-ethyl adjacent to an activating group) is 1. The number of anilines is 2. The molecule has 0 saturated carbocycles. The number of nitrogens with zero attached hydrogens (tertiary/aromatic N) is 2. The molecule has 0 radical (unpaired) electrons. The Balaban J connectivity index is 1.63. The first kappa shape index (κ1) is 17.8. The van der Waals surface area contributed by atoms with Gasteiger partial charge in [0.1, 0.15) is 0 Å². The van der Waals surface area contributed by atoms with Crippen molar-refractivity contribution >= 4 is 51.7 Å². The number of fused-ring (bicyclic) bond motifs is 1. The highest BCUT2D eigenvalue weighted by Crippen LogP contribution is 2.35. The van der Waals surface area contributed by atoms with Crippen molar-refractivity contribution < 1.29 is 4.79 Å². The van der Waals surface area contributed by atoms with Crippen LogP contribution in [0.2, 0.25) is 0 Å². The van der Waals surface area contributed by atoms with Crippen molar-refractivity contribution in [2.45, 2.75) is 6.92 Å². The van der Waals surface area contributed by atoms with Crippen LogP contribution in [0.15, 0.2) is 83.4 Å². The zero-order valence-electron chi connectivity index (χ0n) is 14.8. The normalized spacial score (nSPS) is 19.3. The number of carbonyl (C=O) groups excluding carboxylic acids is 1. The van der Waals surface area contributed by atoms with E-state index < -0.39 is 0 Å². The van der Waals surface area contributed by atoms with Crippen molar-refractivity contribution in [1.29, 1.82) is 0 Å². The lowest BCUT2D eigenvalue weighted by Crippen LogP contribution is -2.27. The number of para-hydroxylation sites is 2. The predicted octanol–water partition coefficient (Wildman–Crippen LogP) is 5.37. The second-order valence-corrected chi connectivity index (χ2v) is 7.78. The molecule has 2 aliphatic heterocycles. The smallest absolute Gasteiger partial charge is 0.270 e. The summed E-state index contributed by atoms with van der Waals surface area (Å²) in [6.07, 6.45) is 8.06. The summed E-state index contributed by atoms with van der Waals surface area (Å²) in [5.41, 5.74) is 4.24. The topological polar surface area (TPSA) is 23.6 Å². The number of benzene rings is 2. The van der Waals surface area contributed by atoms with Crippen LogP contribution >= 0.6 is 24.0 Å². The molecule has 0 spiro atoms. The van der Waals surface area contributed by atoms with E-state index in [0.29, 0.717) is 9.23 Å². The van der Waals surface area contributed by atoms with Gasteiger partial charge in [-0.2, -0.15) is 0 Å². The number of thioether (sulfide) groups is 1. The SMILES string of the molecule is CCN1/C(=C\C=C2/SC(=S)N(c3ccccc3)C2=O)C=Cc2ccccc21. The van der Waals surface area contributed by atoms with Gasteiger partial charge in [0.2, 0.25) is 0 Å². The van der Waals surface area contributed by atoms with Gasteiger partial charge in [-0.1, -0.05) is 66.5 Å². The largest absolute Gasteiger partial charge is 0.341 e. The van der Waals surface area contributed by atoms with Crippen LogP contribution in [-0.2, 0) is 4.79 Å². The quantitative estimate of drug-likeness (QED) is 0.519. The van der Waals surface area contributed by atoms with Crippen LogP contribution in [0, 0.1) is 0 Å². The molecule has 0 atom stereocenters. The average Bonchev–Trinajstić information content (AvgIpc) is 2.99. The van der Waals surface area contributed by atoms with Gasteiger partial charge in [-0.15, -0.1) is 0 Å². The fourth-order valence-corrected chi connectivity index (χ4v) is 4.46. The average molecular weight is 391 g/mol. The molecule has 134 valence electrons. The van der Waals surface area contributed by atoms with Crippen molar-refractivity contribution in [3.05, 3.63) is 89.0 Å². The summed E-state index contributed by atoms with van der Waals surface area (Å²) < 4.78 is 0.563.